The van der Waals surface area contributed by atoms with Gasteiger partial charge in [-0.25, -0.2) is 0 Å². The first-order chi connectivity index (χ1) is 13.6. The molecule has 2 aliphatic heterocycles. The fourth-order valence-electron chi connectivity index (χ4n) is 4.24. The number of amides is 1. The number of carbonyl (C=O) groups excluding carboxylic acids is 1. The minimum atomic E-state index is -0.0144. The Morgan fingerprint density at radius 3 is 2.68 bits per heavy atom. The van der Waals surface area contributed by atoms with E-state index in [4.69, 9.17) is 16.1 Å². The second kappa shape index (κ2) is 8.66. The predicted molar refractivity (Wildman–Crippen MR) is 110 cm³/mol. The highest BCUT2D eigenvalue weighted by Crippen LogP contribution is 2.28. The number of hydrogen-bond acceptors (Lipinski definition) is 4. The molecule has 0 N–H and O–H groups in total. The van der Waals surface area contributed by atoms with Crippen LogP contribution in [0.15, 0.2) is 34.9 Å². The van der Waals surface area contributed by atoms with E-state index < -0.39 is 0 Å². The Balaban J connectivity index is 1.37. The van der Waals surface area contributed by atoms with E-state index in [1.54, 1.807) is 0 Å². The summed E-state index contributed by atoms with van der Waals surface area (Å²) in [5.41, 5.74) is 2.18. The Hall–Kier alpha value is -1.85. The maximum absolute atomic E-state index is 12.7. The van der Waals surface area contributed by atoms with Crippen LogP contribution in [-0.4, -0.2) is 47.0 Å². The zero-order valence-electron chi connectivity index (χ0n) is 16.4. The second-order valence-corrected chi connectivity index (χ2v) is 8.73. The van der Waals surface area contributed by atoms with Gasteiger partial charge in [-0.15, -0.1) is 0 Å². The molecule has 2 saturated heterocycles. The summed E-state index contributed by atoms with van der Waals surface area (Å²) in [6.07, 6.45) is 4.33. The van der Waals surface area contributed by atoms with Crippen LogP contribution in [0, 0.1) is 5.92 Å². The number of piperidine rings is 2. The summed E-state index contributed by atoms with van der Waals surface area (Å²) in [6.45, 7) is 6.79. The van der Waals surface area contributed by atoms with Crippen molar-refractivity contribution in [1.29, 1.82) is 0 Å². The third kappa shape index (κ3) is 4.58. The van der Waals surface area contributed by atoms with Crippen LogP contribution in [0.5, 0.6) is 0 Å². The number of carbonyl (C=O) groups is 1. The van der Waals surface area contributed by atoms with Gasteiger partial charge in [0, 0.05) is 43.2 Å². The van der Waals surface area contributed by atoms with Crippen molar-refractivity contribution in [3.05, 3.63) is 52.4 Å². The van der Waals surface area contributed by atoms with E-state index in [1.807, 2.05) is 23.1 Å². The van der Waals surface area contributed by atoms with Gasteiger partial charge in [0.1, 0.15) is 0 Å². The van der Waals surface area contributed by atoms with Crippen LogP contribution in [0.1, 0.15) is 60.3 Å². The lowest BCUT2D eigenvalue weighted by Crippen LogP contribution is -2.37. The predicted octanol–water partition coefficient (Wildman–Crippen LogP) is 4.58. The van der Waals surface area contributed by atoms with E-state index in [-0.39, 0.29) is 5.91 Å². The minimum absolute atomic E-state index is 0.0144. The van der Waals surface area contributed by atoms with Gasteiger partial charge in [-0.05, 0) is 55.8 Å². The number of nitrogens with zero attached hydrogens (tertiary/aromatic N) is 3. The Morgan fingerprint density at radius 2 is 1.93 bits per heavy atom. The summed E-state index contributed by atoms with van der Waals surface area (Å²) in [5.74, 6) is 1.38. The van der Waals surface area contributed by atoms with Crippen LogP contribution in [0.3, 0.4) is 0 Å². The van der Waals surface area contributed by atoms with Crippen molar-refractivity contribution in [1.82, 2.24) is 15.0 Å². The molecule has 2 aromatic rings. The molecule has 0 spiro atoms. The molecule has 0 radical (unpaired) electrons. The molecule has 2 fully saturated rings. The minimum Gasteiger partial charge on any atom is -0.351 e. The molecule has 6 heteroatoms. The number of rotatable bonds is 4. The van der Waals surface area contributed by atoms with Gasteiger partial charge < -0.3 is 9.42 Å². The Labute approximate surface area is 171 Å². The van der Waals surface area contributed by atoms with Crippen molar-refractivity contribution in [3.8, 4) is 0 Å². The highest BCUT2D eigenvalue weighted by molar-refractivity contribution is 6.30. The van der Waals surface area contributed by atoms with Gasteiger partial charge in [-0.1, -0.05) is 35.8 Å². The zero-order chi connectivity index (χ0) is 19.5. The normalized spacial score (nSPS) is 21.8. The lowest BCUT2D eigenvalue weighted by molar-refractivity contribution is 0.0655. The molecule has 1 aromatic heterocycles. The van der Waals surface area contributed by atoms with Gasteiger partial charge in [0.25, 0.3) is 5.91 Å². The molecule has 0 bridgehead atoms. The molecule has 1 atom stereocenters. The third-order valence-electron chi connectivity index (χ3n) is 6.05. The molecule has 0 saturated carbocycles. The van der Waals surface area contributed by atoms with Crippen molar-refractivity contribution < 1.29 is 9.32 Å². The van der Waals surface area contributed by atoms with Crippen LogP contribution in [-0.2, 0) is 6.54 Å². The topological polar surface area (TPSA) is 49.6 Å². The first kappa shape index (κ1) is 19.5. The van der Waals surface area contributed by atoms with Gasteiger partial charge in [-0.3, -0.25) is 9.69 Å². The van der Waals surface area contributed by atoms with Crippen molar-refractivity contribution in [2.75, 3.05) is 26.2 Å². The first-order valence-electron chi connectivity index (χ1n) is 10.3. The molecule has 1 amide bonds. The maximum atomic E-state index is 12.7. The lowest BCUT2D eigenvalue weighted by atomic mass is 9.94. The lowest BCUT2D eigenvalue weighted by Gasteiger charge is -2.31. The molecule has 150 valence electrons. The molecule has 2 aliphatic rings. The summed E-state index contributed by atoms with van der Waals surface area (Å²) >= 11 is 5.99. The molecule has 4 rings (SSSR count). The fraction of sp³-hybridized carbons (Fsp3) is 0.545. The van der Waals surface area contributed by atoms with Crippen LogP contribution in [0.4, 0.5) is 0 Å². The van der Waals surface area contributed by atoms with E-state index in [9.17, 15) is 4.79 Å². The average Bonchev–Trinajstić information content (AvgIpc) is 3.20. The highest BCUT2D eigenvalue weighted by Gasteiger charge is 2.28. The van der Waals surface area contributed by atoms with Gasteiger partial charge >= 0.3 is 0 Å². The number of aromatic nitrogens is 1. The van der Waals surface area contributed by atoms with Crippen molar-refractivity contribution >= 4 is 17.5 Å². The average molecular weight is 402 g/mol. The van der Waals surface area contributed by atoms with Crippen LogP contribution in [0.25, 0.3) is 0 Å². The van der Waals surface area contributed by atoms with Gasteiger partial charge in [-0.2, -0.15) is 0 Å². The smallest absolute Gasteiger partial charge is 0.292 e. The number of halogens is 1. The quantitative estimate of drug-likeness (QED) is 0.752. The first-order valence-corrected chi connectivity index (χ1v) is 10.7. The highest BCUT2D eigenvalue weighted by atomic mass is 35.5. The Kier molecular flexibility index (Phi) is 6.02. The molecular formula is C22H28ClN3O2. The van der Waals surface area contributed by atoms with Gasteiger partial charge in [0.05, 0.1) is 5.69 Å². The number of hydrogen-bond donors (Lipinski definition) is 0. The van der Waals surface area contributed by atoms with Gasteiger partial charge in [0.2, 0.25) is 5.76 Å². The summed E-state index contributed by atoms with van der Waals surface area (Å²) in [4.78, 5) is 17.1. The van der Waals surface area contributed by atoms with E-state index in [0.717, 1.165) is 69.1 Å². The standard InChI is InChI=1S/C22H28ClN3O2/c1-16-8-11-26(12-9-16)22(27)21-13-20(24-28-21)18-3-2-10-25(15-18)14-17-4-6-19(23)7-5-17/h4-7,13,16,18H,2-3,8-12,14-15H2,1H3. The van der Waals surface area contributed by atoms with E-state index in [0.29, 0.717) is 17.6 Å². The molecule has 3 heterocycles. The zero-order valence-corrected chi connectivity index (χ0v) is 17.2. The third-order valence-corrected chi connectivity index (χ3v) is 6.31. The largest absolute Gasteiger partial charge is 0.351 e. The summed E-state index contributed by atoms with van der Waals surface area (Å²) in [7, 11) is 0. The molecule has 5 nitrogen and oxygen atoms in total. The molecule has 28 heavy (non-hydrogen) atoms. The Bertz CT molecular complexity index is 796. The van der Waals surface area contributed by atoms with E-state index in [2.05, 4.69) is 29.1 Å². The number of likely N-dealkylation sites (tertiary alicyclic amines) is 2. The monoisotopic (exact) mass is 401 g/mol. The van der Waals surface area contributed by atoms with Crippen molar-refractivity contribution in [2.45, 2.75) is 45.1 Å². The van der Waals surface area contributed by atoms with Crippen LogP contribution < -0.4 is 0 Å². The molecule has 1 unspecified atom stereocenters. The van der Waals surface area contributed by atoms with Crippen molar-refractivity contribution in [2.24, 2.45) is 5.92 Å². The second-order valence-electron chi connectivity index (χ2n) is 8.29. The summed E-state index contributed by atoms with van der Waals surface area (Å²) in [5, 5.41) is 5.02. The van der Waals surface area contributed by atoms with Gasteiger partial charge in [0.15, 0.2) is 0 Å². The van der Waals surface area contributed by atoms with E-state index in [1.165, 1.54) is 5.56 Å². The summed E-state index contributed by atoms with van der Waals surface area (Å²) < 4.78 is 5.45. The van der Waals surface area contributed by atoms with E-state index >= 15 is 0 Å². The number of benzene rings is 1. The molecular weight excluding hydrogens is 374 g/mol. The SMILES string of the molecule is CC1CCN(C(=O)c2cc(C3CCCN(Cc4ccc(Cl)cc4)C3)no2)CC1. The van der Waals surface area contributed by atoms with Crippen LogP contribution >= 0.6 is 11.6 Å². The fourth-order valence-corrected chi connectivity index (χ4v) is 4.36. The molecule has 0 aliphatic carbocycles. The van der Waals surface area contributed by atoms with Crippen LogP contribution in [0.2, 0.25) is 5.02 Å². The van der Waals surface area contributed by atoms with Crippen molar-refractivity contribution in [3.63, 3.8) is 0 Å². The maximum Gasteiger partial charge on any atom is 0.292 e. The molecule has 1 aromatic carbocycles. The summed E-state index contributed by atoms with van der Waals surface area (Å²) in [6, 6.07) is 9.91. The Morgan fingerprint density at radius 1 is 1.18 bits per heavy atom.